The van der Waals surface area contributed by atoms with Gasteiger partial charge in [0.15, 0.2) is 5.11 Å². The number of pyridine rings is 1. The van der Waals surface area contributed by atoms with Crippen molar-refractivity contribution in [1.29, 1.82) is 0 Å². The summed E-state index contributed by atoms with van der Waals surface area (Å²) in [5.41, 5.74) is 1.75. The third kappa shape index (κ3) is 4.64. The molecule has 0 aliphatic carbocycles. The van der Waals surface area contributed by atoms with Crippen molar-refractivity contribution < 1.29 is 4.79 Å². The maximum atomic E-state index is 12.9. The number of rotatable bonds is 6. The Morgan fingerprint density at radius 3 is 2.76 bits per heavy atom. The number of nitrogens with zero attached hydrogens (tertiary/aromatic N) is 2. The zero-order valence-electron chi connectivity index (χ0n) is 17.6. The van der Waals surface area contributed by atoms with Crippen molar-refractivity contribution in [3.05, 3.63) is 93.4 Å². The number of thiophene rings is 1. The summed E-state index contributed by atoms with van der Waals surface area (Å²) >= 11 is 10.9. The average molecular weight is 538 g/mol. The highest BCUT2D eigenvalue weighted by atomic mass is 79.9. The summed E-state index contributed by atoms with van der Waals surface area (Å²) in [6, 6.07) is 21.9. The van der Waals surface area contributed by atoms with Gasteiger partial charge < -0.3 is 15.5 Å². The first kappa shape index (κ1) is 22.0. The van der Waals surface area contributed by atoms with Crippen LogP contribution < -0.4 is 10.6 Å². The number of benzene rings is 2. The van der Waals surface area contributed by atoms with Crippen LogP contribution in [-0.4, -0.2) is 27.4 Å². The van der Waals surface area contributed by atoms with E-state index in [0.717, 1.165) is 26.6 Å². The highest BCUT2D eigenvalue weighted by molar-refractivity contribution is 9.10. The van der Waals surface area contributed by atoms with Gasteiger partial charge in [-0.05, 0) is 57.8 Å². The summed E-state index contributed by atoms with van der Waals surface area (Å²) in [6.45, 7) is 0.506. The Balaban J connectivity index is 1.35. The third-order valence-electron chi connectivity index (χ3n) is 5.72. The number of nitrogens with one attached hydrogen (secondary N) is 2. The largest absolute Gasteiger partial charge is 0.352 e. The maximum Gasteiger partial charge on any atom is 0.226 e. The molecule has 0 bridgehead atoms. The lowest BCUT2D eigenvalue weighted by molar-refractivity contribution is -0.116. The van der Waals surface area contributed by atoms with Crippen LogP contribution in [0.3, 0.4) is 0 Å². The summed E-state index contributed by atoms with van der Waals surface area (Å²) in [5, 5.41) is 11.3. The Labute approximate surface area is 210 Å². The first-order valence-corrected chi connectivity index (χ1v) is 12.7. The Morgan fingerprint density at radius 1 is 1.15 bits per heavy atom. The molecule has 1 aliphatic rings. The number of thiocarbonyl (C=S) groups is 1. The molecular weight excluding hydrogens is 516 g/mol. The molecule has 2 aromatic heterocycles. The Kier molecular flexibility index (Phi) is 6.39. The molecule has 0 unspecified atom stereocenters. The quantitative estimate of drug-likeness (QED) is 0.293. The number of carbonyl (C=O) groups excluding carboxylic acids is 1. The SMILES string of the molecule is O=C(CCN1C(=S)N[C@H](c2ccccn2)[C@H]1c1cc(Br)cs1)Nc1cccc2ccccc12. The van der Waals surface area contributed by atoms with Crippen LogP contribution in [0.1, 0.15) is 29.1 Å². The van der Waals surface area contributed by atoms with Crippen molar-refractivity contribution in [3.63, 3.8) is 0 Å². The molecule has 2 aromatic carbocycles. The molecule has 1 fully saturated rings. The van der Waals surface area contributed by atoms with Gasteiger partial charge in [0.2, 0.25) is 5.91 Å². The van der Waals surface area contributed by atoms with Crippen LogP contribution in [-0.2, 0) is 4.79 Å². The Bertz CT molecular complexity index is 1300. The highest BCUT2D eigenvalue weighted by Crippen LogP contribution is 2.41. The normalized spacial score (nSPS) is 17.8. The van der Waals surface area contributed by atoms with E-state index < -0.39 is 0 Å². The highest BCUT2D eigenvalue weighted by Gasteiger charge is 2.40. The van der Waals surface area contributed by atoms with Crippen molar-refractivity contribution in [2.24, 2.45) is 0 Å². The molecule has 3 heterocycles. The number of hydrogen-bond acceptors (Lipinski definition) is 4. The second-order valence-electron chi connectivity index (χ2n) is 7.81. The zero-order chi connectivity index (χ0) is 22.8. The smallest absolute Gasteiger partial charge is 0.226 e. The monoisotopic (exact) mass is 536 g/mol. The molecule has 2 N–H and O–H groups in total. The fourth-order valence-corrected chi connectivity index (χ4v) is 6.13. The molecule has 0 radical (unpaired) electrons. The van der Waals surface area contributed by atoms with Crippen molar-refractivity contribution in [1.82, 2.24) is 15.2 Å². The lowest BCUT2D eigenvalue weighted by Crippen LogP contribution is -2.32. The van der Waals surface area contributed by atoms with Crippen molar-refractivity contribution in [3.8, 4) is 0 Å². The molecule has 0 saturated carbocycles. The van der Waals surface area contributed by atoms with Gasteiger partial charge in [-0.2, -0.15) is 0 Å². The molecule has 1 aliphatic heterocycles. The van der Waals surface area contributed by atoms with Crippen LogP contribution in [0.25, 0.3) is 10.8 Å². The molecule has 2 atom stereocenters. The standard InChI is InChI=1S/C25H21BrN4OS2/c26-17-14-21(33-15-17)24-23(20-9-3-4-12-27-20)29-25(32)30(24)13-11-22(31)28-19-10-5-7-16-6-1-2-8-18(16)19/h1-10,12,14-15,23-24H,11,13H2,(H,28,31)(H,29,32)/t23-,24-/m1/s1. The predicted octanol–water partition coefficient (Wildman–Crippen LogP) is 6.06. The van der Waals surface area contributed by atoms with E-state index >= 15 is 0 Å². The number of amides is 1. The lowest BCUT2D eigenvalue weighted by atomic mass is 10.0. The number of anilines is 1. The van der Waals surface area contributed by atoms with Crippen LogP contribution in [0.5, 0.6) is 0 Å². The maximum absolute atomic E-state index is 12.9. The molecule has 5 rings (SSSR count). The van der Waals surface area contributed by atoms with E-state index in [1.165, 1.54) is 4.88 Å². The van der Waals surface area contributed by atoms with Gasteiger partial charge in [-0.25, -0.2) is 0 Å². The van der Waals surface area contributed by atoms with Gasteiger partial charge in [0, 0.05) is 45.0 Å². The van der Waals surface area contributed by atoms with E-state index in [4.69, 9.17) is 12.2 Å². The van der Waals surface area contributed by atoms with Crippen molar-refractivity contribution >= 4 is 67.0 Å². The summed E-state index contributed by atoms with van der Waals surface area (Å²) in [7, 11) is 0. The number of halogens is 1. The van der Waals surface area contributed by atoms with Gasteiger partial charge in [-0.15, -0.1) is 11.3 Å². The minimum atomic E-state index is -0.0784. The summed E-state index contributed by atoms with van der Waals surface area (Å²) in [6.07, 6.45) is 2.12. The third-order valence-corrected chi connectivity index (χ3v) is 7.84. The number of aromatic nitrogens is 1. The van der Waals surface area contributed by atoms with Crippen LogP contribution in [0.4, 0.5) is 5.69 Å². The molecule has 4 aromatic rings. The van der Waals surface area contributed by atoms with E-state index in [1.807, 2.05) is 60.7 Å². The zero-order valence-corrected chi connectivity index (χ0v) is 20.8. The molecule has 33 heavy (non-hydrogen) atoms. The topological polar surface area (TPSA) is 57.3 Å². The fraction of sp³-hybridized carbons (Fsp3) is 0.160. The Morgan fingerprint density at radius 2 is 1.97 bits per heavy atom. The van der Waals surface area contributed by atoms with Gasteiger partial charge in [0.1, 0.15) is 0 Å². The lowest BCUT2D eigenvalue weighted by Gasteiger charge is -2.26. The molecule has 166 valence electrons. The van der Waals surface area contributed by atoms with E-state index in [1.54, 1.807) is 17.5 Å². The summed E-state index contributed by atoms with van der Waals surface area (Å²) in [5.74, 6) is -0.0402. The molecule has 1 saturated heterocycles. The number of carbonyl (C=O) groups is 1. The number of hydrogen-bond donors (Lipinski definition) is 2. The van der Waals surface area contributed by atoms with E-state index in [-0.39, 0.29) is 18.0 Å². The second-order valence-corrected chi connectivity index (χ2v) is 10.1. The van der Waals surface area contributed by atoms with Crippen molar-refractivity contribution in [2.45, 2.75) is 18.5 Å². The molecule has 8 heteroatoms. The van der Waals surface area contributed by atoms with Gasteiger partial charge in [0.05, 0.1) is 17.8 Å². The minimum Gasteiger partial charge on any atom is -0.352 e. The second kappa shape index (κ2) is 9.59. The van der Waals surface area contributed by atoms with Gasteiger partial charge >= 0.3 is 0 Å². The number of fused-ring (bicyclic) bond motifs is 1. The molecule has 5 nitrogen and oxygen atoms in total. The molecular formula is C25H21BrN4OS2. The molecule has 0 spiro atoms. The van der Waals surface area contributed by atoms with Gasteiger partial charge in [-0.1, -0.05) is 42.5 Å². The first-order valence-electron chi connectivity index (χ1n) is 10.6. The summed E-state index contributed by atoms with van der Waals surface area (Å²) in [4.78, 5) is 20.7. The minimum absolute atomic E-state index is 0.0333. The van der Waals surface area contributed by atoms with E-state index in [2.05, 4.69) is 47.9 Å². The van der Waals surface area contributed by atoms with E-state index in [0.29, 0.717) is 18.1 Å². The van der Waals surface area contributed by atoms with Crippen LogP contribution >= 0.6 is 39.5 Å². The fourth-order valence-electron chi connectivity index (χ4n) is 4.21. The average Bonchev–Trinajstić information content (AvgIpc) is 3.41. The first-order chi connectivity index (χ1) is 16.1. The summed E-state index contributed by atoms with van der Waals surface area (Å²) < 4.78 is 1.04. The van der Waals surface area contributed by atoms with E-state index in [9.17, 15) is 4.79 Å². The predicted molar refractivity (Wildman–Crippen MR) is 141 cm³/mol. The van der Waals surface area contributed by atoms with Crippen LogP contribution in [0, 0.1) is 0 Å². The van der Waals surface area contributed by atoms with Gasteiger partial charge in [-0.3, -0.25) is 9.78 Å². The van der Waals surface area contributed by atoms with Gasteiger partial charge in [0.25, 0.3) is 0 Å². The van der Waals surface area contributed by atoms with Crippen molar-refractivity contribution in [2.75, 3.05) is 11.9 Å². The van der Waals surface area contributed by atoms with Crippen LogP contribution in [0.15, 0.2) is 82.8 Å². The van der Waals surface area contributed by atoms with Crippen LogP contribution in [0.2, 0.25) is 0 Å². The molecule has 1 amide bonds. The Hall–Kier alpha value is -2.81.